The third kappa shape index (κ3) is 3.82. The van der Waals surface area contributed by atoms with Crippen molar-refractivity contribution in [2.24, 2.45) is 0 Å². The molecule has 2 heterocycles. The molecule has 0 aliphatic carbocycles. The van der Waals surface area contributed by atoms with E-state index in [2.05, 4.69) is 10.3 Å². The lowest BCUT2D eigenvalue weighted by Crippen LogP contribution is -2.34. The Morgan fingerprint density at radius 3 is 2.96 bits per heavy atom. The van der Waals surface area contributed by atoms with Crippen molar-refractivity contribution in [3.8, 4) is 5.75 Å². The molecule has 6 heteroatoms. The highest BCUT2D eigenvalue weighted by Gasteiger charge is 2.29. The number of nitrogens with one attached hydrogen (secondary N) is 1. The standard InChI is InChI=1S/C18H20FN3O2/c19-8-12-24-16-4-1-3-15(13-16)21-18(23)22-11-2-5-17(22)14-6-9-20-10-7-14/h1,3-4,6-7,9-10,13,17H,2,5,8,11-12H2,(H,21,23)/t17-/m1/s1. The van der Waals surface area contributed by atoms with Crippen molar-refractivity contribution in [3.63, 3.8) is 0 Å². The Labute approximate surface area is 140 Å². The second-order valence-corrected chi connectivity index (χ2v) is 5.63. The van der Waals surface area contributed by atoms with E-state index in [0.717, 1.165) is 24.9 Å². The van der Waals surface area contributed by atoms with Gasteiger partial charge < -0.3 is 15.0 Å². The lowest BCUT2D eigenvalue weighted by Gasteiger charge is -2.25. The number of carbonyl (C=O) groups is 1. The molecule has 2 amide bonds. The van der Waals surface area contributed by atoms with E-state index in [1.807, 2.05) is 17.0 Å². The summed E-state index contributed by atoms with van der Waals surface area (Å²) in [4.78, 5) is 18.5. The van der Waals surface area contributed by atoms with Crippen LogP contribution in [0.3, 0.4) is 0 Å². The Balaban J connectivity index is 1.68. The van der Waals surface area contributed by atoms with Crippen molar-refractivity contribution in [2.75, 3.05) is 25.1 Å². The maximum Gasteiger partial charge on any atom is 0.322 e. The molecule has 0 saturated carbocycles. The number of likely N-dealkylation sites (tertiary alicyclic amines) is 1. The number of amides is 2. The van der Waals surface area contributed by atoms with E-state index in [-0.39, 0.29) is 18.7 Å². The minimum Gasteiger partial charge on any atom is -0.491 e. The summed E-state index contributed by atoms with van der Waals surface area (Å²) in [5, 5.41) is 2.90. The summed E-state index contributed by atoms with van der Waals surface area (Å²) >= 11 is 0. The highest BCUT2D eigenvalue weighted by Crippen LogP contribution is 2.32. The average Bonchev–Trinajstić information content (AvgIpc) is 3.11. The van der Waals surface area contributed by atoms with Crippen LogP contribution >= 0.6 is 0 Å². The minimum atomic E-state index is -0.544. The normalized spacial score (nSPS) is 16.9. The molecular weight excluding hydrogens is 309 g/mol. The molecule has 1 aromatic heterocycles. The van der Waals surface area contributed by atoms with Gasteiger partial charge in [0.25, 0.3) is 0 Å². The number of carbonyl (C=O) groups excluding carboxylic acids is 1. The van der Waals surface area contributed by atoms with E-state index >= 15 is 0 Å². The summed E-state index contributed by atoms with van der Waals surface area (Å²) in [7, 11) is 0. The van der Waals surface area contributed by atoms with Gasteiger partial charge in [-0.05, 0) is 42.7 Å². The topological polar surface area (TPSA) is 54.5 Å². The highest BCUT2D eigenvalue weighted by molar-refractivity contribution is 5.90. The Hall–Kier alpha value is -2.63. The van der Waals surface area contributed by atoms with Crippen LogP contribution in [0.15, 0.2) is 48.8 Å². The summed E-state index contributed by atoms with van der Waals surface area (Å²) in [6.45, 7) is 0.183. The first-order chi connectivity index (χ1) is 11.8. The zero-order valence-electron chi connectivity index (χ0n) is 13.3. The quantitative estimate of drug-likeness (QED) is 0.908. The largest absolute Gasteiger partial charge is 0.491 e. The molecule has 1 saturated heterocycles. The smallest absolute Gasteiger partial charge is 0.322 e. The van der Waals surface area contributed by atoms with Crippen LogP contribution in [0.1, 0.15) is 24.4 Å². The first kappa shape index (κ1) is 16.2. The number of alkyl halides is 1. The van der Waals surface area contributed by atoms with Crippen LogP contribution < -0.4 is 10.1 Å². The number of pyridine rings is 1. The molecule has 0 unspecified atom stereocenters. The first-order valence-electron chi connectivity index (χ1n) is 8.04. The summed E-state index contributed by atoms with van der Waals surface area (Å²) < 4.78 is 17.4. The molecule has 2 aromatic rings. The molecule has 0 radical (unpaired) electrons. The molecule has 1 fully saturated rings. The third-order valence-corrected chi connectivity index (χ3v) is 4.04. The Morgan fingerprint density at radius 2 is 2.17 bits per heavy atom. The number of anilines is 1. The number of ether oxygens (including phenoxy) is 1. The molecule has 0 bridgehead atoms. The van der Waals surface area contributed by atoms with Gasteiger partial charge in [-0.25, -0.2) is 9.18 Å². The SMILES string of the molecule is O=C(Nc1cccc(OCCF)c1)N1CCC[C@@H]1c1ccncc1. The fourth-order valence-corrected chi connectivity index (χ4v) is 2.96. The zero-order chi connectivity index (χ0) is 16.8. The molecule has 1 aliphatic heterocycles. The van der Waals surface area contributed by atoms with Crippen molar-refractivity contribution in [3.05, 3.63) is 54.4 Å². The summed E-state index contributed by atoms with van der Waals surface area (Å²) in [6, 6.07) is 10.8. The molecule has 3 rings (SSSR count). The number of halogens is 1. The number of aromatic nitrogens is 1. The Kier molecular flexibility index (Phi) is 5.25. The van der Waals surface area contributed by atoms with Gasteiger partial charge in [0.2, 0.25) is 0 Å². The zero-order valence-corrected chi connectivity index (χ0v) is 13.3. The lowest BCUT2D eigenvalue weighted by atomic mass is 10.1. The van der Waals surface area contributed by atoms with Crippen LogP contribution in [0.4, 0.5) is 14.9 Å². The van der Waals surface area contributed by atoms with Crippen molar-refractivity contribution < 1.29 is 13.9 Å². The van der Waals surface area contributed by atoms with Gasteiger partial charge in [0, 0.05) is 30.7 Å². The van der Waals surface area contributed by atoms with E-state index < -0.39 is 6.67 Å². The van der Waals surface area contributed by atoms with E-state index in [9.17, 15) is 9.18 Å². The lowest BCUT2D eigenvalue weighted by molar-refractivity contribution is 0.207. The van der Waals surface area contributed by atoms with Gasteiger partial charge >= 0.3 is 6.03 Å². The second-order valence-electron chi connectivity index (χ2n) is 5.63. The van der Waals surface area contributed by atoms with Gasteiger partial charge in [0.15, 0.2) is 0 Å². The molecule has 1 N–H and O–H groups in total. The van der Waals surface area contributed by atoms with Crippen LogP contribution in [0.25, 0.3) is 0 Å². The Morgan fingerprint density at radius 1 is 1.33 bits per heavy atom. The maximum absolute atomic E-state index is 12.6. The molecular formula is C18H20FN3O2. The fourth-order valence-electron chi connectivity index (χ4n) is 2.96. The number of hydrogen-bond donors (Lipinski definition) is 1. The summed E-state index contributed by atoms with van der Waals surface area (Å²) in [6.07, 6.45) is 5.40. The number of rotatable bonds is 5. The molecule has 0 spiro atoms. The number of urea groups is 1. The molecule has 1 atom stereocenters. The van der Waals surface area contributed by atoms with E-state index in [1.54, 1.807) is 36.7 Å². The van der Waals surface area contributed by atoms with Crippen LogP contribution in [0.2, 0.25) is 0 Å². The Bertz CT molecular complexity index is 681. The second kappa shape index (κ2) is 7.77. The summed E-state index contributed by atoms with van der Waals surface area (Å²) in [5.74, 6) is 0.539. The van der Waals surface area contributed by atoms with Gasteiger partial charge in [0.1, 0.15) is 19.0 Å². The first-order valence-corrected chi connectivity index (χ1v) is 8.04. The molecule has 1 aliphatic rings. The average molecular weight is 329 g/mol. The van der Waals surface area contributed by atoms with Crippen molar-refractivity contribution in [1.29, 1.82) is 0 Å². The van der Waals surface area contributed by atoms with E-state index in [0.29, 0.717) is 11.4 Å². The van der Waals surface area contributed by atoms with Gasteiger partial charge in [-0.15, -0.1) is 0 Å². The minimum absolute atomic E-state index is 0.00758. The third-order valence-electron chi connectivity index (χ3n) is 4.04. The van der Waals surface area contributed by atoms with Gasteiger partial charge in [0.05, 0.1) is 6.04 Å². The van der Waals surface area contributed by atoms with Crippen LogP contribution in [0, 0.1) is 0 Å². The number of benzene rings is 1. The van der Waals surface area contributed by atoms with E-state index in [4.69, 9.17) is 4.74 Å². The van der Waals surface area contributed by atoms with Gasteiger partial charge in [-0.2, -0.15) is 0 Å². The summed E-state index contributed by atoms with van der Waals surface area (Å²) in [5.41, 5.74) is 1.73. The van der Waals surface area contributed by atoms with Crippen molar-refractivity contribution >= 4 is 11.7 Å². The number of nitrogens with zero attached hydrogens (tertiary/aromatic N) is 2. The fraction of sp³-hybridized carbons (Fsp3) is 0.333. The molecule has 24 heavy (non-hydrogen) atoms. The monoisotopic (exact) mass is 329 g/mol. The molecule has 1 aromatic carbocycles. The van der Waals surface area contributed by atoms with Crippen LogP contribution in [0.5, 0.6) is 5.75 Å². The predicted octanol–water partition coefficient (Wildman–Crippen LogP) is 3.80. The van der Waals surface area contributed by atoms with Gasteiger partial charge in [-0.1, -0.05) is 6.07 Å². The van der Waals surface area contributed by atoms with Crippen LogP contribution in [-0.2, 0) is 0 Å². The maximum atomic E-state index is 12.6. The van der Waals surface area contributed by atoms with Gasteiger partial charge in [-0.3, -0.25) is 4.98 Å². The van der Waals surface area contributed by atoms with Crippen molar-refractivity contribution in [1.82, 2.24) is 9.88 Å². The molecule has 5 nitrogen and oxygen atoms in total. The number of hydrogen-bond acceptors (Lipinski definition) is 3. The van der Waals surface area contributed by atoms with Crippen LogP contribution in [-0.4, -0.2) is 35.7 Å². The van der Waals surface area contributed by atoms with E-state index in [1.165, 1.54) is 0 Å². The predicted molar refractivity (Wildman–Crippen MR) is 89.8 cm³/mol. The molecule has 126 valence electrons. The highest BCUT2D eigenvalue weighted by atomic mass is 19.1. The van der Waals surface area contributed by atoms with Crippen molar-refractivity contribution in [2.45, 2.75) is 18.9 Å².